The Morgan fingerprint density at radius 3 is 2.21 bits per heavy atom. The van der Waals surface area contributed by atoms with Crippen LogP contribution >= 0.6 is 23.2 Å². The third-order valence-electron chi connectivity index (χ3n) is 1.68. The molecule has 14 heavy (non-hydrogen) atoms. The van der Waals surface area contributed by atoms with Crippen molar-refractivity contribution in [2.45, 2.75) is 0 Å². The largest absolute Gasteiger partial charge is 0.370 e. The molecule has 0 spiro atoms. The van der Waals surface area contributed by atoms with Crippen LogP contribution in [0.1, 0.15) is 0 Å². The molecular formula is C8H8Cl2FN3. The molecule has 76 valence electrons. The van der Waals surface area contributed by atoms with Gasteiger partial charge in [-0.3, -0.25) is 5.41 Å². The zero-order valence-corrected chi connectivity index (χ0v) is 8.83. The van der Waals surface area contributed by atoms with E-state index in [4.69, 9.17) is 34.3 Å². The van der Waals surface area contributed by atoms with Gasteiger partial charge in [-0.2, -0.15) is 0 Å². The Bertz CT molecular complexity index is 358. The lowest BCUT2D eigenvalue weighted by Crippen LogP contribution is -2.33. The van der Waals surface area contributed by atoms with Gasteiger partial charge in [-0.15, -0.1) is 0 Å². The van der Waals surface area contributed by atoms with Crippen molar-refractivity contribution in [2.75, 3.05) is 11.9 Å². The molecule has 0 aliphatic rings. The lowest BCUT2D eigenvalue weighted by molar-refractivity contribution is 0.628. The molecule has 0 fully saturated rings. The third-order valence-corrected chi connectivity index (χ3v) is 2.25. The number of benzene rings is 1. The van der Waals surface area contributed by atoms with Crippen molar-refractivity contribution in [2.24, 2.45) is 5.73 Å². The van der Waals surface area contributed by atoms with Crippen LogP contribution in [0.25, 0.3) is 0 Å². The normalized spacial score (nSPS) is 10.0. The zero-order chi connectivity index (χ0) is 10.9. The number of halogens is 3. The third kappa shape index (κ3) is 2.08. The molecule has 3 nitrogen and oxygen atoms in total. The molecule has 0 unspecified atom stereocenters. The van der Waals surface area contributed by atoms with E-state index in [0.717, 1.165) is 12.1 Å². The van der Waals surface area contributed by atoms with Crippen LogP contribution in [0, 0.1) is 11.2 Å². The Morgan fingerprint density at radius 2 is 1.86 bits per heavy atom. The monoisotopic (exact) mass is 235 g/mol. The second kappa shape index (κ2) is 4.02. The summed E-state index contributed by atoms with van der Waals surface area (Å²) in [5.41, 5.74) is 5.56. The summed E-state index contributed by atoms with van der Waals surface area (Å²) < 4.78 is 12.8. The van der Waals surface area contributed by atoms with Crippen molar-refractivity contribution in [3.05, 3.63) is 28.0 Å². The molecule has 0 aliphatic carbocycles. The van der Waals surface area contributed by atoms with Gasteiger partial charge in [0.15, 0.2) is 5.96 Å². The van der Waals surface area contributed by atoms with Gasteiger partial charge in [0, 0.05) is 7.05 Å². The highest BCUT2D eigenvalue weighted by Gasteiger charge is 2.14. The fourth-order valence-corrected chi connectivity index (χ4v) is 1.69. The summed E-state index contributed by atoms with van der Waals surface area (Å²) in [6, 6.07) is 2.23. The van der Waals surface area contributed by atoms with Crippen molar-refractivity contribution < 1.29 is 4.39 Å². The maximum Gasteiger partial charge on any atom is 0.192 e. The molecule has 6 heteroatoms. The van der Waals surface area contributed by atoms with Crippen LogP contribution < -0.4 is 10.6 Å². The second-order valence-electron chi connectivity index (χ2n) is 2.66. The lowest BCUT2D eigenvalue weighted by Gasteiger charge is -2.19. The van der Waals surface area contributed by atoms with E-state index in [9.17, 15) is 4.39 Å². The van der Waals surface area contributed by atoms with Gasteiger partial charge >= 0.3 is 0 Å². The average molecular weight is 236 g/mol. The summed E-state index contributed by atoms with van der Waals surface area (Å²) in [4.78, 5) is 1.27. The van der Waals surface area contributed by atoms with Crippen LogP contribution in [-0.4, -0.2) is 13.0 Å². The highest BCUT2D eigenvalue weighted by atomic mass is 35.5. The standard InChI is InChI=1S/C8H8Cl2FN3/c1-14(8(12)13)7-5(9)2-4(11)3-6(7)10/h2-3H,1H3,(H3,12,13). The minimum atomic E-state index is -0.527. The van der Waals surface area contributed by atoms with Gasteiger partial charge < -0.3 is 10.6 Å². The smallest absolute Gasteiger partial charge is 0.192 e. The summed E-state index contributed by atoms with van der Waals surface area (Å²) in [6.07, 6.45) is 0. The molecule has 0 aliphatic heterocycles. The first kappa shape index (κ1) is 11.1. The molecule has 0 saturated carbocycles. The number of nitrogens with two attached hydrogens (primary N) is 1. The van der Waals surface area contributed by atoms with Crippen LogP contribution in [-0.2, 0) is 0 Å². The lowest BCUT2D eigenvalue weighted by atomic mass is 10.3. The Balaban J connectivity index is 3.27. The van der Waals surface area contributed by atoms with Gasteiger partial charge in [0.05, 0.1) is 15.7 Å². The van der Waals surface area contributed by atoms with Crippen molar-refractivity contribution in [3.8, 4) is 0 Å². The maximum absolute atomic E-state index is 12.8. The number of guanidine groups is 1. The van der Waals surface area contributed by atoms with Gasteiger partial charge in [0.25, 0.3) is 0 Å². The molecule has 1 aromatic carbocycles. The summed E-state index contributed by atoms with van der Waals surface area (Å²) >= 11 is 11.5. The molecule has 0 bridgehead atoms. The molecule has 0 radical (unpaired) electrons. The van der Waals surface area contributed by atoms with E-state index >= 15 is 0 Å². The molecule has 1 aromatic rings. The predicted octanol–water partition coefficient (Wildman–Crippen LogP) is 2.46. The maximum atomic E-state index is 12.8. The summed E-state index contributed by atoms with van der Waals surface area (Å²) in [5, 5.41) is 7.41. The van der Waals surface area contributed by atoms with Crippen LogP contribution in [0.4, 0.5) is 10.1 Å². The Kier molecular flexibility index (Phi) is 3.18. The van der Waals surface area contributed by atoms with Gasteiger partial charge in [-0.25, -0.2) is 4.39 Å². The predicted molar refractivity (Wildman–Crippen MR) is 56.7 cm³/mol. The van der Waals surface area contributed by atoms with Crippen LogP contribution in [0.2, 0.25) is 10.0 Å². The Morgan fingerprint density at radius 1 is 1.43 bits per heavy atom. The average Bonchev–Trinajstić information content (AvgIpc) is 2.01. The van der Waals surface area contributed by atoms with E-state index < -0.39 is 5.82 Å². The number of anilines is 1. The minimum absolute atomic E-state index is 0.118. The summed E-state index contributed by atoms with van der Waals surface area (Å²) in [5.74, 6) is -0.749. The van der Waals surface area contributed by atoms with E-state index in [1.807, 2.05) is 0 Å². The first-order valence-corrected chi connectivity index (χ1v) is 4.41. The minimum Gasteiger partial charge on any atom is -0.370 e. The molecule has 0 heterocycles. The first-order valence-electron chi connectivity index (χ1n) is 3.65. The van der Waals surface area contributed by atoms with Crippen molar-refractivity contribution >= 4 is 34.8 Å². The molecule has 1 rings (SSSR count). The van der Waals surface area contributed by atoms with Crippen molar-refractivity contribution in [1.29, 1.82) is 5.41 Å². The molecule has 0 aromatic heterocycles. The highest BCUT2D eigenvalue weighted by Crippen LogP contribution is 2.33. The van der Waals surface area contributed by atoms with E-state index in [2.05, 4.69) is 0 Å². The Hall–Kier alpha value is -1.00. The second-order valence-corrected chi connectivity index (χ2v) is 3.48. The number of hydrogen-bond acceptors (Lipinski definition) is 1. The summed E-state index contributed by atoms with van der Waals surface area (Å²) in [7, 11) is 1.52. The molecule has 0 amide bonds. The first-order chi connectivity index (χ1) is 6.43. The van der Waals surface area contributed by atoms with Crippen LogP contribution in [0.3, 0.4) is 0 Å². The van der Waals surface area contributed by atoms with E-state index in [0.29, 0.717) is 5.69 Å². The van der Waals surface area contributed by atoms with Crippen LogP contribution in [0.5, 0.6) is 0 Å². The van der Waals surface area contributed by atoms with Gasteiger partial charge in [0.1, 0.15) is 5.82 Å². The highest BCUT2D eigenvalue weighted by molar-refractivity contribution is 6.39. The number of rotatable bonds is 1. The summed E-state index contributed by atoms with van der Waals surface area (Å²) in [6.45, 7) is 0. The molecular weight excluding hydrogens is 228 g/mol. The molecule has 0 atom stereocenters. The number of nitrogens with zero attached hydrogens (tertiary/aromatic N) is 1. The van der Waals surface area contributed by atoms with Crippen molar-refractivity contribution in [3.63, 3.8) is 0 Å². The quantitative estimate of drug-likeness (QED) is 0.581. The van der Waals surface area contributed by atoms with Crippen molar-refractivity contribution in [1.82, 2.24) is 0 Å². The number of hydrogen-bond donors (Lipinski definition) is 2. The van der Waals surface area contributed by atoms with Crippen LogP contribution in [0.15, 0.2) is 12.1 Å². The molecule has 3 N–H and O–H groups in total. The van der Waals surface area contributed by atoms with E-state index in [1.54, 1.807) is 0 Å². The SMILES string of the molecule is CN(C(=N)N)c1c(Cl)cc(F)cc1Cl. The Labute approximate surface area is 90.7 Å². The van der Waals surface area contributed by atoms with Gasteiger partial charge in [-0.05, 0) is 12.1 Å². The topological polar surface area (TPSA) is 53.1 Å². The number of nitrogens with one attached hydrogen (secondary N) is 1. The van der Waals surface area contributed by atoms with E-state index in [-0.39, 0.29) is 16.0 Å². The molecule has 0 saturated heterocycles. The van der Waals surface area contributed by atoms with Gasteiger partial charge in [-0.1, -0.05) is 23.2 Å². The fourth-order valence-electron chi connectivity index (χ4n) is 0.975. The van der Waals surface area contributed by atoms with E-state index in [1.165, 1.54) is 11.9 Å². The zero-order valence-electron chi connectivity index (χ0n) is 7.31. The fraction of sp³-hybridized carbons (Fsp3) is 0.125. The van der Waals surface area contributed by atoms with Gasteiger partial charge in [0.2, 0.25) is 0 Å².